The fourth-order valence-corrected chi connectivity index (χ4v) is 2.53. The van der Waals surface area contributed by atoms with E-state index in [4.69, 9.17) is 0 Å². The van der Waals surface area contributed by atoms with Gasteiger partial charge in [0.05, 0.1) is 0 Å². The first-order valence-electron chi connectivity index (χ1n) is 6.72. The largest absolute Gasteiger partial charge is 0.352 e. The van der Waals surface area contributed by atoms with Crippen molar-refractivity contribution in [1.82, 2.24) is 10.6 Å². The standard InChI is InChI=1S/C16H19BrN2O/c1-11(9-18-2)10-19-16(20)14-4-3-13-8-15(17)6-5-12(13)7-14/h3-8,11,18H,9-10H2,1-2H3,(H,19,20). The fraction of sp³-hybridized carbons (Fsp3) is 0.312. The molecule has 1 unspecified atom stereocenters. The van der Waals surface area contributed by atoms with Crippen molar-refractivity contribution in [3.05, 3.63) is 46.4 Å². The quantitative estimate of drug-likeness (QED) is 0.881. The highest BCUT2D eigenvalue weighted by Crippen LogP contribution is 2.20. The minimum atomic E-state index is -0.0160. The minimum absolute atomic E-state index is 0.0160. The smallest absolute Gasteiger partial charge is 0.251 e. The molecule has 20 heavy (non-hydrogen) atoms. The van der Waals surface area contributed by atoms with Crippen molar-refractivity contribution in [3.8, 4) is 0 Å². The Morgan fingerprint density at radius 3 is 2.60 bits per heavy atom. The molecule has 4 heteroatoms. The van der Waals surface area contributed by atoms with Gasteiger partial charge in [-0.15, -0.1) is 0 Å². The summed E-state index contributed by atoms with van der Waals surface area (Å²) in [4.78, 5) is 12.1. The van der Waals surface area contributed by atoms with Crippen LogP contribution in [0, 0.1) is 5.92 Å². The molecule has 2 N–H and O–H groups in total. The molecule has 0 fully saturated rings. The highest BCUT2D eigenvalue weighted by atomic mass is 79.9. The summed E-state index contributed by atoms with van der Waals surface area (Å²) in [6.07, 6.45) is 0. The third-order valence-corrected chi connectivity index (χ3v) is 3.72. The van der Waals surface area contributed by atoms with Gasteiger partial charge < -0.3 is 10.6 Å². The monoisotopic (exact) mass is 334 g/mol. The first-order valence-corrected chi connectivity index (χ1v) is 7.51. The lowest BCUT2D eigenvalue weighted by atomic mass is 10.1. The van der Waals surface area contributed by atoms with Crippen molar-refractivity contribution in [3.63, 3.8) is 0 Å². The third-order valence-electron chi connectivity index (χ3n) is 3.23. The molecule has 0 aliphatic rings. The van der Waals surface area contributed by atoms with Crippen molar-refractivity contribution in [2.45, 2.75) is 6.92 Å². The molecule has 3 nitrogen and oxygen atoms in total. The van der Waals surface area contributed by atoms with Crippen LogP contribution in [-0.2, 0) is 0 Å². The van der Waals surface area contributed by atoms with Crippen molar-refractivity contribution >= 4 is 32.6 Å². The molecule has 0 bridgehead atoms. The maximum absolute atomic E-state index is 12.1. The van der Waals surface area contributed by atoms with E-state index in [9.17, 15) is 4.79 Å². The lowest BCUT2D eigenvalue weighted by Gasteiger charge is -2.12. The van der Waals surface area contributed by atoms with Gasteiger partial charge in [0.25, 0.3) is 5.91 Å². The molecule has 2 aromatic carbocycles. The average molecular weight is 335 g/mol. The summed E-state index contributed by atoms with van der Waals surface area (Å²) >= 11 is 3.45. The topological polar surface area (TPSA) is 41.1 Å². The van der Waals surface area contributed by atoms with Gasteiger partial charge in [0.1, 0.15) is 0 Å². The number of fused-ring (bicyclic) bond motifs is 1. The predicted octanol–water partition coefficient (Wildman–Crippen LogP) is 3.19. The summed E-state index contributed by atoms with van der Waals surface area (Å²) < 4.78 is 1.04. The average Bonchev–Trinajstić information content (AvgIpc) is 2.44. The van der Waals surface area contributed by atoms with E-state index in [1.807, 2.05) is 43.4 Å². The molecular weight excluding hydrogens is 316 g/mol. The molecule has 0 heterocycles. The Morgan fingerprint density at radius 2 is 1.85 bits per heavy atom. The highest BCUT2D eigenvalue weighted by molar-refractivity contribution is 9.10. The van der Waals surface area contributed by atoms with E-state index < -0.39 is 0 Å². The molecule has 0 saturated heterocycles. The van der Waals surface area contributed by atoms with Crippen molar-refractivity contribution in [2.75, 3.05) is 20.1 Å². The first-order chi connectivity index (χ1) is 9.60. The number of amides is 1. The third kappa shape index (κ3) is 3.81. The summed E-state index contributed by atoms with van der Waals surface area (Å²) in [7, 11) is 1.92. The molecule has 0 aliphatic carbocycles. The Labute approximate surface area is 127 Å². The molecule has 1 amide bonds. The van der Waals surface area contributed by atoms with Gasteiger partial charge in [-0.25, -0.2) is 0 Å². The van der Waals surface area contributed by atoms with Crippen LogP contribution in [0.5, 0.6) is 0 Å². The second-order valence-electron chi connectivity index (χ2n) is 5.08. The minimum Gasteiger partial charge on any atom is -0.352 e. The molecular formula is C16H19BrN2O. The van der Waals surface area contributed by atoms with Gasteiger partial charge in [0.2, 0.25) is 0 Å². The second kappa shape index (κ2) is 6.86. The molecule has 0 aliphatic heterocycles. The number of halogens is 1. The van der Waals surface area contributed by atoms with Gasteiger partial charge >= 0.3 is 0 Å². The van der Waals surface area contributed by atoms with E-state index in [0.29, 0.717) is 18.0 Å². The zero-order chi connectivity index (χ0) is 14.5. The predicted molar refractivity (Wildman–Crippen MR) is 87.1 cm³/mol. The second-order valence-corrected chi connectivity index (χ2v) is 5.99. The highest BCUT2D eigenvalue weighted by Gasteiger charge is 2.08. The van der Waals surface area contributed by atoms with Gasteiger partial charge in [-0.05, 0) is 54.5 Å². The summed E-state index contributed by atoms with van der Waals surface area (Å²) in [6.45, 7) is 3.68. The van der Waals surface area contributed by atoms with E-state index in [1.165, 1.54) is 0 Å². The molecule has 0 spiro atoms. The Kier molecular flexibility index (Phi) is 5.15. The van der Waals surface area contributed by atoms with Crippen LogP contribution in [0.3, 0.4) is 0 Å². The lowest BCUT2D eigenvalue weighted by Crippen LogP contribution is -2.32. The molecule has 1 atom stereocenters. The molecule has 106 valence electrons. The van der Waals surface area contributed by atoms with E-state index in [0.717, 1.165) is 21.8 Å². The SMILES string of the molecule is CNCC(C)CNC(=O)c1ccc2cc(Br)ccc2c1. The number of hydrogen-bond acceptors (Lipinski definition) is 2. The van der Waals surface area contributed by atoms with Crippen LogP contribution in [0.1, 0.15) is 17.3 Å². The normalized spacial score (nSPS) is 12.3. The van der Waals surface area contributed by atoms with E-state index in [2.05, 4.69) is 33.5 Å². The van der Waals surface area contributed by atoms with Crippen LogP contribution in [0.25, 0.3) is 10.8 Å². The van der Waals surface area contributed by atoms with Crippen molar-refractivity contribution in [1.29, 1.82) is 0 Å². The van der Waals surface area contributed by atoms with Crippen molar-refractivity contribution in [2.24, 2.45) is 5.92 Å². The number of hydrogen-bond donors (Lipinski definition) is 2. The Balaban J connectivity index is 2.08. The zero-order valence-corrected chi connectivity index (χ0v) is 13.3. The van der Waals surface area contributed by atoms with Crippen molar-refractivity contribution < 1.29 is 4.79 Å². The van der Waals surface area contributed by atoms with Gasteiger partial charge in [-0.2, -0.15) is 0 Å². The first kappa shape index (κ1) is 15.0. The number of carbonyl (C=O) groups excluding carboxylic acids is 1. The lowest BCUT2D eigenvalue weighted by molar-refractivity contribution is 0.0948. The number of carbonyl (C=O) groups is 1. The fourth-order valence-electron chi connectivity index (χ4n) is 2.15. The van der Waals surface area contributed by atoms with Crippen LogP contribution >= 0.6 is 15.9 Å². The summed E-state index contributed by atoms with van der Waals surface area (Å²) in [5, 5.41) is 8.27. The summed E-state index contributed by atoms with van der Waals surface area (Å²) in [6, 6.07) is 11.8. The maximum atomic E-state index is 12.1. The van der Waals surface area contributed by atoms with Crippen LogP contribution in [0.15, 0.2) is 40.9 Å². The Hall–Kier alpha value is -1.39. The Bertz CT molecular complexity index is 612. The maximum Gasteiger partial charge on any atom is 0.251 e. The van der Waals surface area contributed by atoms with Gasteiger partial charge in [0.15, 0.2) is 0 Å². The number of rotatable bonds is 5. The number of benzene rings is 2. The van der Waals surface area contributed by atoms with E-state index in [-0.39, 0.29) is 5.91 Å². The van der Waals surface area contributed by atoms with Crippen LogP contribution < -0.4 is 10.6 Å². The summed E-state index contributed by atoms with van der Waals surface area (Å²) in [5.41, 5.74) is 0.705. The summed E-state index contributed by atoms with van der Waals surface area (Å²) in [5.74, 6) is 0.401. The van der Waals surface area contributed by atoms with Gasteiger partial charge in [-0.3, -0.25) is 4.79 Å². The number of nitrogens with one attached hydrogen (secondary N) is 2. The molecule has 0 radical (unpaired) electrons. The zero-order valence-electron chi connectivity index (χ0n) is 11.7. The molecule has 0 aromatic heterocycles. The molecule has 2 aromatic rings. The van der Waals surface area contributed by atoms with E-state index >= 15 is 0 Å². The van der Waals surface area contributed by atoms with Crippen LogP contribution in [0.4, 0.5) is 0 Å². The molecule has 2 rings (SSSR count). The Morgan fingerprint density at radius 1 is 1.15 bits per heavy atom. The van der Waals surface area contributed by atoms with E-state index in [1.54, 1.807) is 0 Å². The van der Waals surface area contributed by atoms with Crippen LogP contribution in [0.2, 0.25) is 0 Å². The van der Waals surface area contributed by atoms with Gasteiger partial charge in [-0.1, -0.05) is 35.0 Å². The van der Waals surface area contributed by atoms with Gasteiger partial charge in [0, 0.05) is 16.6 Å². The van der Waals surface area contributed by atoms with Crippen LogP contribution in [-0.4, -0.2) is 26.0 Å². The molecule has 0 saturated carbocycles.